The molecule has 106 valence electrons. The average Bonchev–Trinajstić information content (AvgIpc) is 3.09. The van der Waals surface area contributed by atoms with Gasteiger partial charge in [0.1, 0.15) is 0 Å². The van der Waals surface area contributed by atoms with Crippen LogP contribution >= 0.6 is 11.3 Å². The number of hydrogen-bond acceptors (Lipinski definition) is 3. The minimum absolute atomic E-state index is 0.277. The molecule has 4 unspecified atom stereocenters. The lowest BCUT2D eigenvalue weighted by atomic mass is 9.84. The van der Waals surface area contributed by atoms with E-state index in [-0.39, 0.29) is 6.04 Å². The van der Waals surface area contributed by atoms with E-state index in [4.69, 9.17) is 5.73 Å². The maximum absolute atomic E-state index is 6.48. The van der Waals surface area contributed by atoms with Crippen LogP contribution in [0.2, 0.25) is 0 Å². The summed E-state index contributed by atoms with van der Waals surface area (Å²) in [7, 11) is 0. The lowest BCUT2D eigenvalue weighted by molar-refractivity contribution is 0.116. The van der Waals surface area contributed by atoms with Crippen LogP contribution in [0.4, 0.5) is 0 Å². The van der Waals surface area contributed by atoms with Gasteiger partial charge in [0, 0.05) is 17.0 Å². The van der Waals surface area contributed by atoms with Gasteiger partial charge >= 0.3 is 0 Å². The molecular formula is C16H26N2S. The molecule has 1 saturated heterocycles. The highest BCUT2D eigenvalue weighted by Crippen LogP contribution is 2.42. The SMILES string of the molecule is CCC(N)C(c1cccs1)N1CCC2CCCCC21. The van der Waals surface area contributed by atoms with E-state index >= 15 is 0 Å². The first kappa shape index (κ1) is 13.6. The summed E-state index contributed by atoms with van der Waals surface area (Å²) in [6.45, 7) is 3.48. The van der Waals surface area contributed by atoms with E-state index in [1.54, 1.807) is 0 Å². The first-order chi connectivity index (χ1) is 9.31. The van der Waals surface area contributed by atoms with Crippen LogP contribution in [0.3, 0.4) is 0 Å². The number of fused-ring (bicyclic) bond motifs is 1. The lowest BCUT2D eigenvalue weighted by Gasteiger charge is -2.39. The highest BCUT2D eigenvalue weighted by atomic mass is 32.1. The molecule has 1 saturated carbocycles. The molecule has 1 aliphatic heterocycles. The Bertz CT molecular complexity index is 389. The van der Waals surface area contributed by atoms with Gasteiger partial charge in [-0.1, -0.05) is 25.8 Å². The molecule has 2 heterocycles. The first-order valence-electron chi connectivity index (χ1n) is 7.86. The van der Waals surface area contributed by atoms with Gasteiger partial charge in [-0.05, 0) is 49.6 Å². The van der Waals surface area contributed by atoms with Gasteiger partial charge in [-0.25, -0.2) is 0 Å². The van der Waals surface area contributed by atoms with Crippen molar-refractivity contribution < 1.29 is 0 Å². The van der Waals surface area contributed by atoms with Crippen LogP contribution in [-0.2, 0) is 0 Å². The van der Waals surface area contributed by atoms with E-state index in [2.05, 4.69) is 29.3 Å². The molecule has 0 radical (unpaired) electrons. The highest BCUT2D eigenvalue weighted by molar-refractivity contribution is 7.10. The number of likely N-dealkylation sites (tertiary alicyclic amines) is 1. The van der Waals surface area contributed by atoms with Crippen molar-refractivity contribution >= 4 is 11.3 Å². The summed E-state index contributed by atoms with van der Waals surface area (Å²) < 4.78 is 0. The van der Waals surface area contributed by atoms with Crippen LogP contribution in [0.1, 0.15) is 56.4 Å². The Morgan fingerprint density at radius 2 is 2.21 bits per heavy atom. The summed E-state index contributed by atoms with van der Waals surface area (Å²) in [6, 6.07) is 5.99. The zero-order valence-corrected chi connectivity index (χ0v) is 12.7. The summed E-state index contributed by atoms with van der Waals surface area (Å²) in [4.78, 5) is 4.23. The summed E-state index contributed by atoms with van der Waals surface area (Å²) >= 11 is 1.88. The normalized spacial score (nSPS) is 31.1. The van der Waals surface area contributed by atoms with Crippen LogP contribution in [0, 0.1) is 5.92 Å². The molecule has 0 aromatic carbocycles. The Labute approximate surface area is 121 Å². The molecule has 4 atom stereocenters. The van der Waals surface area contributed by atoms with E-state index in [1.165, 1.54) is 43.5 Å². The third-order valence-electron chi connectivity index (χ3n) is 5.12. The lowest BCUT2D eigenvalue weighted by Crippen LogP contribution is -2.44. The van der Waals surface area contributed by atoms with E-state index in [9.17, 15) is 0 Å². The largest absolute Gasteiger partial charge is 0.326 e. The van der Waals surface area contributed by atoms with Crippen molar-refractivity contribution in [3.05, 3.63) is 22.4 Å². The van der Waals surface area contributed by atoms with Gasteiger partial charge in [0.15, 0.2) is 0 Å². The third kappa shape index (κ3) is 2.61. The van der Waals surface area contributed by atoms with Gasteiger partial charge in [-0.15, -0.1) is 11.3 Å². The molecule has 19 heavy (non-hydrogen) atoms. The fourth-order valence-corrected chi connectivity index (χ4v) is 5.01. The topological polar surface area (TPSA) is 29.3 Å². The van der Waals surface area contributed by atoms with Gasteiger partial charge in [0.05, 0.1) is 6.04 Å². The molecule has 1 aliphatic carbocycles. The Hall–Kier alpha value is -0.380. The molecule has 0 spiro atoms. The molecule has 2 nitrogen and oxygen atoms in total. The number of rotatable bonds is 4. The van der Waals surface area contributed by atoms with Gasteiger partial charge < -0.3 is 5.73 Å². The molecule has 3 heteroatoms. The quantitative estimate of drug-likeness (QED) is 0.908. The minimum Gasteiger partial charge on any atom is -0.326 e. The molecule has 2 aliphatic rings. The van der Waals surface area contributed by atoms with Crippen molar-refractivity contribution in [3.8, 4) is 0 Å². The zero-order chi connectivity index (χ0) is 13.2. The molecule has 1 aromatic rings. The van der Waals surface area contributed by atoms with Crippen LogP contribution < -0.4 is 5.73 Å². The maximum atomic E-state index is 6.48. The molecule has 2 fully saturated rings. The molecule has 3 rings (SSSR count). The fourth-order valence-electron chi connectivity index (χ4n) is 4.09. The van der Waals surface area contributed by atoms with Crippen molar-refractivity contribution in [1.29, 1.82) is 0 Å². The molecular weight excluding hydrogens is 252 g/mol. The van der Waals surface area contributed by atoms with E-state index < -0.39 is 0 Å². The molecule has 0 bridgehead atoms. The second kappa shape index (κ2) is 5.94. The van der Waals surface area contributed by atoms with Crippen molar-refractivity contribution in [3.63, 3.8) is 0 Å². The van der Waals surface area contributed by atoms with Crippen molar-refractivity contribution in [2.45, 2.75) is 63.6 Å². The predicted molar refractivity (Wildman–Crippen MR) is 82.4 cm³/mol. The summed E-state index contributed by atoms with van der Waals surface area (Å²) in [5.74, 6) is 0.945. The fraction of sp³-hybridized carbons (Fsp3) is 0.750. The standard InChI is InChI=1S/C16H26N2S/c1-2-13(17)16(15-8-5-11-19-15)18-10-9-12-6-3-4-7-14(12)18/h5,8,11-14,16H,2-4,6-7,9-10,17H2,1H3. The van der Waals surface area contributed by atoms with E-state index in [0.717, 1.165) is 18.4 Å². The van der Waals surface area contributed by atoms with Crippen LogP contribution in [0.25, 0.3) is 0 Å². The average molecular weight is 278 g/mol. The summed E-state index contributed by atoms with van der Waals surface area (Å²) in [6.07, 6.45) is 8.15. The summed E-state index contributed by atoms with van der Waals surface area (Å²) in [5.41, 5.74) is 6.48. The Morgan fingerprint density at radius 3 is 2.95 bits per heavy atom. The minimum atomic E-state index is 0.277. The van der Waals surface area contributed by atoms with Gasteiger partial charge in [-0.2, -0.15) is 0 Å². The Morgan fingerprint density at radius 1 is 1.37 bits per heavy atom. The number of nitrogens with two attached hydrogens (primary N) is 1. The highest BCUT2D eigenvalue weighted by Gasteiger charge is 2.41. The first-order valence-corrected chi connectivity index (χ1v) is 8.74. The summed E-state index contributed by atoms with van der Waals surface area (Å²) in [5, 5.41) is 2.19. The molecule has 1 aromatic heterocycles. The van der Waals surface area contributed by atoms with E-state index in [1.807, 2.05) is 11.3 Å². The van der Waals surface area contributed by atoms with Gasteiger partial charge in [-0.3, -0.25) is 4.90 Å². The number of hydrogen-bond donors (Lipinski definition) is 1. The third-order valence-corrected chi connectivity index (χ3v) is 6.06. The van der Waals surface area contributed by atoms with Gasteiger partial charge in [0.25, 0.3) is 0 Å². The van der Waals surface area contributed by atoms with Crippen LogP contribution in [0.15, 0.2) is 17.5 Å². The van der Waals surface area contributed by atoms with Crippen molar-refractivity contribution in [2.24, 2.45) is 11.7 Å². The maximum Gasteiger partial charge on any atom is 0.0595 e. The number of thiophene rings is 1. The second-order valence-electron chi connectivity index (χ2n) is 6.17. The van der Waals surface area contributed by atoms with Crippen molar-refractivity contribution in [2.75, 3.05) is 6.54 Å². The Kier molecular flexibility index (Phi) is 4.25. The van der Waals surface area contributed by atoms with E-state index in [0.29, 0.717) is 6.04 Å². The Balaban J connectivity index is 1.83. The number of nitrogens with zero attached hydrogens (tertiary/aromatic N) is 1. The monoisotopic (exact) mass is 278 g/mol. The molecule has 0 amide bonds. The molecule has 2 N–H and O–H groups in total. The predicted octanol–water partition coefficient (Wildman–Crippen LogP) is 3.79. The van der Waals surface area contributed by atoms with Crippen LogP contribution in [0.5, 0.6) is 0 Å². The smallest absolute Gasteiger partial charge is 0.0595 e. The second-order valence-corrected chi connectivity index (χ2v) is 7.15. The van der Waals surface area contributed by atoms with Crippen LogP contribution in [-0.4, -0.2) is 23.5 Å². The van der Waals surface area contributed by atoms with Gasteiger partial charge in [0.2, 0.25) is 0 Å². The zero-order valence-electron chi connectivity index (χ0n) is 11.9. The van der Waals surface area contributed by atoms with Crippen molar-refractivity contribution in [1.82, 2.24) is 4.90 Å².